The van der Waals surface area contributed by atoms with Crippen molar-refractivity contribution in [2.24, 2.45) is 5.92 Å². The molecule has 112 valence electrons. The van der Waals surface area contributed by atoms with E-state index in [4.69, 9.17) is 21.1 Å². The molecule has 1 aromatic carbocycles. The highest BCUT2D eigenvalue weighted by Gasteiger charge is 2.23. The summed E-state index contributed by atoms with van der Waals surface area (Å²) in [5.74, 6) is 2.94. The molecule has 20 heavy (non-hydrogen) atoms. The van der Waals surface area contributed by atoms with Crippen molar-refractivity contribution in [1.82, 2.24) is 5.32 Å². The number of hydrogen-bond donors (Lipinski definition) is 1. The monoisotopic (exact) mass is 297 g/mol. The molecule has 1 fully saturated rings. The summed E-state index contributed by atoms with van der Waals surface area (Å²) in [6, 6.07) is 6.69. The number of aryl methyl sites for hydroxylation is 1. The van der Waals surface area contributed by atoms with Crippen molar-refractivity contribution < 1.29 is 9.47 Å². The number of hydrogen-bond acceptors (Lipinski definition) is 3. The van der Waals surface area contributed by atoms with Crippen LogP contribution in [0.5, 0.6) is 11.5 Å². The Morgan fingerprint density at radius 1 is 1.25 bits per heavy atom. The van der Waals surface area contributed by atoms with Crippen molar-refractivity contribution in [2.45, 2.75) is 31.7 Å². The molecule has 0 radical (unpaired) electrons. The van der Waals surface area contributed by atoms with E-state index in [2.05, 4.69) is 17.4 Å². The second kappa shape index (κ2) is 7.75. The largest absolute Gasteiger partial charge is 0.493 e. The minimum Gasteiger partial charge on any atom is -0.493 e. The smallest absolute Gasteiger partial charge is 0.160 e. The number of alkyl halides is 1. The first-order valence-electron chi connectivity index (χ1n) is 7.28. The fourth-order valence-corrected chi connectivity index (χ4v) is 3.27. The Labute approximate surface area is 126 Å². The normalized spacial score (nSPS) is 22.6. The predicted molar refractivity (Wildman–Crippen MR) is 83.1 cm³/mol. The molecule has 2 unspecified atom stereocenters. The zero-order chi connectivity index (χ0) is 14.4. The molecular weight excluding hydrogens is 274 g/mol. The van der Waals surface area contributed by atoms with Crippen LogP contribution in [0.4, 0.5) is 0 Å². The zero-order valence-electron chi connectivity index (χ0n) is 12.3. The molecule has 2 atom stereocenters. The second-order valence-corrected chi connectivity index (χ2v) is 5.65. The van der Waals surface area contributed by atoms with Crippen LogP contribution >= 0.6 is 11.6 Å². The molecule has 1 heterocycles. The third-order valence-electron chi connectivity index (χ3n) is 4.12. The fraction of sp³-hybridized carbons (Fsp3) is 0.625. The van der Waals surface area contributed by atoms with Crippen molar-refractivity contribution in [1.29, 1.82) is 0 Å². The predicted octanol–water partition coefficient (Wildman–Crippen LogP) is 3.24. The van der Waals surface area contributed by atoms with Crippen LogP contribution in [-0.2, 0) is 6.42 Å². The van der Waals surface area contributed by atoms with E-state index in [-0.39, 0.29) is 0 Å². The molecular formula is C16H24ClNO2. The van der Waals surface area contributed by atoms with E-state index in [0.29, 0.717) is 12.0 Å². The minimum absolute atomic E-state index is 0.536. The lowest BCUT2D eigenvalue weighted by atomic mass is 9.88. The van der Waals surface area contributed by atoms with Gasteiger partial charge in [-0.15, -0.1) is 11.6 Å². The van der Waals surface area contributed by atoms with Gasteiger partial charge in [-0.25, -0.2) is 0 Å². The topological polar surface area (TPSA) is 30.5 Å². The van der Waals surface area contributed by atoms with Crippen molar-refractivity contribution in [2.75, 3.05) is 26.6 Å². The first kappa shape index (κ1) is 15.5. The molecule has 0 aliphatic carbocycles. The molecule has 0 amide bonds. The fourth-order valence-electron chi connectivity index (χ4n) is 2.90. The van der Waals surface area contributed by atoms with E-state index < -0.39 is 0 Å². The molecule has 0 spiro atoms. The number of nitrogens with one attached hydrogen (secondary N) is 1. The van der Waals surface area contributed by atoms with E-state index >= 15 is 0 Å². The molecule has 1 saturated heterocycles. The Hall–Kier alpha value is -0.930. The van der Waals surface area contributed by atoms with Gasteiger partial charge in [-0.3, -0.25) is 0 Å². The molecule has 2 rings (SSSR count). The van der Waals surface area contributed by atoms with Crippen LogP contribution < -0.4 is 14.8 Å². The van der Waals surface area contributed by atoms with E-state index in [9.17, 15) is 0 Å². The average molecular weight is 298 g/mol. The number of piperidine rings is 1. The summed E-state index contributed by atoms with van der Waals surface area (Å²) < 4.78 is 10.6. The summed E-state index contributed by atoms with van der Waals surface area (Å²) in [6.45, 7) is 1.12. The number of halogens is 1. The molecule has 4 heteroatoms. The Morgan fingerprint density at radius 3 is 2.75 bits per heavy atom. The lowest BCUT2D eigenvalue weighted by molar-refractivity contribution is 0.289. The van der Waals surface area contributed by atoms with Crippen molar-refractivity contribution in [3.8, 4) is 11.5 Å². The lowest BCUT2D eigenvalue weighted by Gasteiger charge is -2.31. The molecule has 1 aliphatic rings. The summed E-state index contributed by atoms with van der Waals surface area (Å²) >= 11 is 6.07. The van der Waals surface area contributed by atoms with Crippen LogP contribution in [-0.4, -0.2) is 32.7 Å². The maximum absolute atomic E-state index is 6.07. The Bertz CT molecular complexity index is 425. The van der Waals surface area contributed by atoms with Crippen LogP contribution in [0.3, 0.4) is 0 Å². The van der Waals surface area contributed by atoms with E-state index in [1.807, 2.05) is 6.07 Å². The molecule has 0 aromatic heterocycles. The summed E-state index contributed by atoms with van der Waals surface area (Å²) in [5.41, 5.74) is 1.28. The van der Waals surface area contributed by atoms with E-state index in [1.54, 1.807) is 14.2 Å². The number of methoxy groups -OCH3 is 2. The number of ether oxygens (including phenoxy) is 2. The molecule has 1 N–H and O–H groups in total. The Kier molecular flexibility index (Phi) is 5.99. The summed E-state index contributed by atoms with van der Waals surface area (Å²) in [4.78, 5) is 0. The second-order valence-electron chi connectivity index (χ2n) is 5.35. The Morgan fingerprint density at radius 2 is 2.05 bits per heavy atom. The first-order chi connectivity index (χ1) is 9.78. The molecule has 1 aromatic rings. The maximum Gasteiger partial charge on any atom is 0.160 e. The Balaban J connectivity index is 1.96. The van der Waals surface area contributed by atoms with Gasteiger partial charge in [0.05, 0.1) is 14.2 Å². The summed E-state index contributed by atoms with van der Waals surface area (Å²) in [5, 5.41) is 3.60. The average Bonchev–Trinajstić information content (AvgIpc) is 2.52. The van der Waals surface area contributed by atoms with Gasteiger partial charge < -0.3 is 14.8 Å². The molecule has 0 bridgehead atoms. The van der Waals surface area contributed by atoms with Crippen LogP contribution in [0, 0.1) is 5.92 Å². The third kappa shape index (κ3) is 3.80. The highest BCUT2D eigenvalue weighted by Crippen LogP contribution is 2.29. The van der Waals surface area contributed by atoms with Crippen LogP contribution in [0.2, 0.25) is 0 Å². The van der Waals surface area contributed by atoms with Gasteiger partial charge in [0, 0.05) is 11.9 Å². The molecule has 0 saturated carbocycles. The first-order valence-corrected chi connectivity index (χ1v) is 7.82. The van der Waals surface area contributed by atoms with Gasteiger partial charge in [0.15, 0.2) is 11.5 Å². The highest BCUT2D eigenvalue weighted by molar-refractivity contribution is 6.18. The van der Waals surface area contributed by atoms with Crippen molar-refractivity contribution in [3.05, 3.63) is 23.8 Å². The van der Waals surface area contributed by atoms with Gasteiger partial charge in [-0.05, 0) is 55.8 Å². The molecule has 3 nitrogen and oxygen atoms in total. The highest BCUT2D eigenvalue weighted by atomic mass is 35.5. The SMILES string of the molecule is COc1ccc(CCC2NCCCC2CCl)cc1OC. The van der Waals surface area contributed by atoms with Crippen molar-refractivity contribution in [3.63, 3.8) is 0 Å². The van der Waals surface area contributed by atoms with Gasteiger partial charge in [0.1, 0.15) is 0 Å². The quantitative estimate of drug-likeness (QED) is 0.818. The minimum atomic E-state index is 0.536. The summed E-state index contributed by atoms with van der Waals surface area (Å²) in [7, 11) is 3.34. The molecule has 1 aliphatic heterocycles. The summed E-state index contributed by atoms with van der Waals surface area (Å²) in [6.07, 6.45) is 4.63. The van der Waals surface area contributed by atoms with Gasteiger partial charge in [0.25, 0.3) is 0 Å². The van der Waals surface area contributed by atoms with Gasteiger partial charge >= 0.3 is 0 Å². The van der Waals surface area contributed by atoms with E-state index in [0.717, 1.165) is 36.8 Å². The van der Waals surface area contributed by atoms with Gasteiger partial charge in [0.2, 0.25) is 0 Å². The van der Waals surface area contributed by atoms with Crippen LogP contribution in [0.15, 0.2) is 18.2 Å². The van der Waals surface area contributed by atoms with Crippen LogP contribution in [0.25, 0.3) is 0 Å². The standard InChI is InChI=1S/C16H24ClNO2/c1-19-15-8-6-12(10-16(15)20-2)5-7-14-13(11-17)4-3-9-18-14/h6,8,10,13-14,18H,3-5,7,9,11H2,1-2H3. The maximum atomic E-state index is 6.07. The lowest BCUT2D eigenvalue weighted by Crippen LogP contribution is -2.42. The van der Waals surface area contributed by atoms with Gasteiger partial charge in [-0.2, -0.15) is 0 Å². The number of rotatable bonds is 6. The zero-order valence-corrected chi connectivity index (χ0v) is 13.1. The van der Waals surface area contributed by atoms with Crippen molar-refractivity contribution >= 4 is 11.6 Å². The number of benzene rings is 1. The van der Waals surface area contributed by atoms with Gasteiger partial charge in [-0.1, -0.05) is 6.07 Å². The third-order valence-corrected chi connectivity index (χ3v) is 4.51. The van der Waals surface area contributed by atoms with E-state index in [1.165, 1.54) is 18.4 Å². The van der Waals surface area contributed by atoms with Crippen LogP contribution in [0.1, 0.15) is 24.8 Å².